The molecule has 6 nitrogen and oxygen atoms in total. The Kier molecular flexibility index (Phi) is 6.07. The first-order valence-electron chi connectivity index (χ1n) is 12.0. The number of aromatic nitrogens is 3. The second kappa shape index (κ2) is 9.12. The highest BCUT2D eigenvalue weighted by Gasteiger charge is 2.28. The second-order valence-corrected chi connectivity index (χ2v) is 9.50. The fourth-order valence-corrected chi connectivity index (χ4v) is 5.12. The summed E-state index contributed by atoms with van der Waals surface area (Å²) in [7, 11) is 0. The van der Waals surface area contributed by atoms with E-state index in [0.29, 0.717) is 6.04 Å². The van der Waals surface area contributed by atoms with Gasteiger partial charge in [0.25, 0.3) is 0 Å². The van der Waals surface area contributed by atoms with Gasteiger partial charge in [0.1, 0.15) is 5.82 Å². The summed E-state index contributed by atoms with van der Waals surface area (Å²) in [5.41, 5.74) is 5.07. The summed E-state index contributed by atoms with van der Waals surface area (Å²) in [4.78, 5) is 7.48. The highest BCUT2D eigenvalue weighted by atomic mass is 16.3. The molecule has 2 fully saturated rings. The summed E-state index contributed by atoms with van der Waals surface area (Å²) in [6.45, 7) is 5.95. The summed E-state index contributed by atoms with van der Waals surface area (Å²) in [5.74, 6) is 0.996. The number of hydrogen-bond acceptors (Lipinski definition) is 6. The number of rotatable bonds is 4. The molecule has 3 aromatic rings. The largest absolute Gasteiger partial charge is 0.392 e. The van der Waals surface area contributed by atoms with Crippen LogP contribution in [0, 0.1) is 13.8 Å². The number of nitrogens with one attached hydrogen (secondary N) is 1. The van der Waals surface area contributed by atoms with Crippen LogP contribution in [0.3, 0.4) is 0 Å². The molecule has 1 aliphatic carbocycles. The first-order valence-corrected chi connectivity index (χ1v) is 12.0. The lowest BCUT2D eigenvalue weighted by molar-refractivity contribution is 0.0828. The zero-order chi connectivity index (χ0) is 22.1. The molecule has 1 aromatic carbocycles. The third kappa shape index (κ3) is 4.48. The molecule has 2 aliphatic rings. The SMILES string of the molecule is Cc1ccc2nc(N3CCC(N[C@H]4CCCC[C@@H]4O)CC3)c(-c3ccc(C)nn3)cc2c1. The van der Waals surface area contributed by atoms with Gasteiger partial charge in [-0.2, -0.15) is 10.2 Å². The molecule has 168 valence electrons. The van der Waals surface area contributed by atoms with Gasteiger partial charge >= 0.3 is 0 Å². The van der Waals surface area contributed by atoms with Gasteiger partial charge in [-0.15, -0.1) is 0 Å². The van der Waals surface area contributed by atoms with Gasteiger partial charge in [0.15, 0.2) is 0 Å². The molecule has 2 aromatic heterocycles. The maximum Gasteiger partial charge on any atom is 0.138 e. The van der Waals surface area contributed by atoms with Gasteiger partial charge in [0, 0.05) is 36.1 Å². The molecule has 6 heteroatoms. The van der Waals surface area contributed by atoms with Crippen LogP contribution in [0.1, 0.15) is 49.8 Å². The Bertz CT molecular complexity index is 1080. The number of anilines is 1. The summed E-state index contributed by atoms with van der Waals surface area (Å²) >= 11 is 0. The first-order chi connectivity index (χ1) is 15.6. The summed E-state index contributed by atoms with van der Waals surface area (Å²) in [6.07, 6.45) is 6.29. The van der Waals surface area contributed by atoms with E-state index in [9.17, 15) is 5.11 Å². The Balaban J connectivity index is 1.40. The topological polar surface area (TPSA) is 74.2 Å². The van der Waals surface area contributed by atoms with Crippen LogP contribution in [0.15, 0.2) is 36.4 Å². The molecule has 0 unspecified atom stereocenters. The van der Waals surface area contributed by atoms with E-state index in [1.165, 1.54) is 12.0 Å². The van der Waals surface area contributed by atoms with Crippen molar-refractivity contribution in [3.63, 3.8) is 0 Å². The van der Waals surface area contributed by atoms with Crippen molar-refractivity contribution in [1.82, 2.24) is 20.5 Å². The van der Waals surface area contributed by atoms with Crippen molar-refractivity contribution >= 4 is 16.7 Å². The number of hydrogen-bond donors (Lipinski definition) is 2. The van der Waals surface area contributed by atoms with Gasteiger partial charge in [-0.25, -0.2) is 4.98 Å². The standard InChI is InChI=1S/C26H33N5O/c1-17-7-9-22-19(15-17)16-21(23-10-8-18(2)29-30-23)26(28-22)31-13-11-20(12-14-31)27-24-5-3-4-6-25(24)32/h7-10,15-16,20,24-25,27,32H,3-6,11-14H2,1-2H3/t24-,25-/m0/s1. The number of nitrogens with zero attached hydrogens (tertiary/aromatic N) is 4. The lowest BCUT2D eigenvalue weighted by atomic mass is 9.91. The fourth-order valence-electron chi connectivity index (χ4n) is 5.12. The maximum atomic E-state index is 10.3. The lowest BCUT2D eigenvalue weighted by Crippen LogP contribution is -2.51. The minimum atomic E-state index is -0.195. The first kappa shape index (κ1) is 21.3. The second-order valence-electron chi connectivity index (χ2n) is 9.50. The normalized spacial score (nSPS) is 22.4. The van der Waals surface area contributed by atoms with Crippen molar-refractivity contribution in [3.8, 4) is 11.3 Å². The molecular formula is C26H33N5O. The van der Waals surface area contributed by atoms with Gasteiger partial charge in [0.2, 0.25) is 0 Å². The molecule has 1 aliphatic heterocycles. The van der Waals surface area contributed by atoms with Crippen molar-refractivity contribution in [3.05, 3.63) is 47.7 Å². The van der Waals surface area contributed by atoms with Crippen LogP contribution in [0.5, 0.6) is 0 Å². The Morgan fingerprint density at radius 2 is 1.75 bits per heavy atom. The molecule has 2 atom stereocenters. The van der Waals surface area contributed by atoms with E-state index in [0.717, 1.165) is 78.9 Å². The number of benzene rings is 1. The minimum Gasteiger partial charge on any atom is -0.392 e. The van der Waals surface area contributed by atoms with Crippen LogP contribution in [-0.2, 0) is 0 Å². The third-order valence-electron chi connectivity index (χ3n) is 7.00. The average Bonchev–Trinajstić information content (AvgIpc) is 2.81. The third-order valence-corrected chi connectivity index (χ3v) is 7.00. The van der Waals surface area contributed by atoms with Gasteiger partial charge in [-0.05, 0) is 69.9 Å². The minimum absolute atomic E-state index is 0.195. The van der Waals surface area contributed by atoms with Crippen LogP contribution in [0.2, 0.25) is 0 Å². The predicted octanol–water partition coefficient (Wildman–Crippen LogP) is 4.17. The maximum absolute atomic E-state index is 10.3. The van der Waals surface area contributed by atoms with Crippen molar-refractivity contribution in [2.24, 2.45) is 0 Å². The van der Waals surface area contributed by atoms with Crippen molar-refractivity contribution in [2.75, 3.05) is 18.0 Å². The van der Waals surface area contributed by atoms with Crippen molar-refractivity contribution in [2.45, 2.75) is 70.6 Å². The lowest BCUT2D eigenvalue weighted by Gasteiger charge is -2.38. The molecule has 32 heavy (non-hydrogen) atoms. The smallest absolute Gasteiger partial charge is 0.138 e. The van der Waals surface area contributed by atoms with E-state index in [1.54, 1.807) is 0 Å². The molecule has 1 saturated carbocycles. The molecule has 0 amide bonds. The van der Waals surface area contributed by atoms with E-state index in [4.69, 9.17) is 4.98 Å². The molecule has 0 radical (unpaired) electrons. The Morgan fingerprint density at radius 3 is 2.50 bits per heavy atom. The van der Waals surface area contributed by atoms with Crippen LogP contribution >= 0.6 is 0 Å². The molecule has 0 bridgehead atoms. The highest BCUT2D eigenvalue weighted by molar-refractivity contribution is 5.89. The summed E-state index contributed by atoms with van der Waals surface area (Å²) < 4.78 is 0. The fraction of sp³-hybridized carbons (Fsp3) is 0.500. The van der Waals surface area contributed by atoms with E-state index < -0.39 is 0 Å². The zero-order valence-corrected chi connectivity index (χ0v) is 19.1. The molecule has 0 spiro atoms. The van der Waals surface area contributed by atoms with Crippen LogP contribution in [-0.4, -0.2) is 51.6 Å². The van der Waals surface area contributed by atoms with Gasteiger partial charge in [0.05, 0.1) is 23.0 Å². The highest BCUT2D eigenvalue weighted by Crippen LogP contribution is 2.33. The number of aliphatic hydroxyl groups excluding tert-OH is 1. The van der Waals surface area contributed by atoms with E-state index in [-0.39, 0.29) is 12.1 Å². The van der Waals surface area contributed by atoms with E-state index >= 15 is 0 Å². The van der Waals surface area contributed by atoms with E-state index in [1.807, 2.05) is 19.1 Å². The monoisotopic (exact) mass is 431 g/mol. The number of aryl methyl sites for hydroxylation is 2. The molecule has 1 saturated heterocycles. The Labute approximate surface area is 190 Å². The van der Waals surface area contributed by atoms with Gasteiger partial charge in [-0.3, -0.25) is 0 Å². The van der Waals surface area contributed by atoms with E-state index in [2.05, 4.69) is 51.6 Å². The number of piperidine rings is 1. The van der Waals surface area contributed by atoms with Gasteiger partial charge in [-0.1, -0.05) is 24.5 Å². The molecule has 3 heterocycles. The molecular weight excluding hydrogens is 398 g/mol. The van der Waals surface area contributed by atoms with Crippen LogP contribution in [0.25, 0.3) is 22.2 Å². The number of aliphatic hydroxyl groups is 1. The summed E-state index contributed by atoms with van der Waals surface area (Å²) in [5, 5.41) is 24.0. The average molecular weight is 432 g/mol. The van der Waals surface area contributed by atoms with Gasteiger partial charge < -0.3 is 15.3 Å². The quantitative estimate of drug-likeness (QED) is 0.646. The van der Waals surface area contributed by atoms with Crippen molar-refractivity contribution in [1.29, 1.82) is 0 Å². The van der Waals surface area contributed by atoms with Crippen LogP contribution < -0.4 is 10.2 Å². The molecule has 2 N–H and O–H groups in total. The number of pyridine rings is 1. The van der Waals surface area contributed by atoms with Crippen molar-refractivity contribution < 1.29 is 5.11 Å². The van der Waals surface area contributed by atoms with Crippen LogP contribution in [0.4, 0.5) is 5.82 Å². The Morgan fingerprint density at radius 1 is 0.938 bits per heavy atom. The molecule has 5 rings (SSSR count). The summed E-state index contributed by atoms with van der Waals surface area (Å²) in [6, 6.07) is 13.4. The zero-order valence-electron chi connectivity index (χ0n) is 19.1. The predicted molar refractivity (Wildman–Crippen MR) is 129 cm³/mol. The number of fused-ring (bicyclic) bond motifs is 1. The Hall–Kier alpha value is -2.57.